The lowest BCUT2D eigenvalue weighted by Crippen LogP contribution is -2.52. The smallest absolute Gasteiger partial charge is 0.222 e. The first kappa shape index (κ1) is 26.3. The maximum atomic E-state index is 11.9. The van der Waals surface area contributed by atoms with E-state index in [-0.39, 0.29) is 29.9 Å². The van der Waals surface area contributed by atoms with E-state index >= 15 is 0 Å². The molecule has 8 heteroatoms. The van der Waals surface area contributed by atoms with Crippen LogP contribution in [0.1, 0.15) is 24.0 Å². The third-order valence-electron chi connectivity index (χ3n) is 6.29. The topological polar surface area (TPSA) is 60.4 Å². The molecule has 2 aliphatic rings. The molecular weight excluding hydrogens is 541 g/mol. The number of carbonyl (C=O) groups excluding carboxylic acids is 1. The maximum Gasteiger partial charge on any atom is 0.222 e. The third kappa shape index (κ3) is 7.59. The first-order valence-corrected chi connectivity index (χ1v) is 11.9. The number of likely N-dealkylation sites (tertiary alicyclic amines) is 1. The van der Waals surface area contributed by atoms with E-state index in [9.17, 15) is 4.79 Å². The van der Waals surface area contributed by atoms with Gasteiger partial charge in [0.1, 0.15) is 12.4 Å². The van der Waals surface area contributed by atoms with Crippen molar-refractivity contribution in [3.05, 3.63) is 65.7 Å². The Hall–Kier alpha value is -2.33. The van der Waals surface area contributed by atoms with E-state index in [0.29, 0.717) is 19.6 Å². The minimum atomic E-state index is 0. The summed E-state index contributed by atoms with van der Waals surface area (Å²) in [7, 11) is 1.85. The molecule has 7 nitrogen and oxygen atoms in total. The van der Waals surface area contributed by atoms with E-state index in [2.05, 4.69) is 44.4 Å². The molecule has 2 saturated heterocycles. The zero-order valence-corrected chi connectivity index (χ0v) is 22.3. The van der Waals surface area contributed by atoms with Crippen LogP contribution in [0, 0.1) is 0 Å². The van der Waals surface area contributed by atoms with E-state index in [1.807, 2.05) is 42.3 Å². The fourth-order valence-electron chi connectivity index (χ4n) is 4.44. The molecule has 0 atom stereocenters. The molecule has 0 radical (unpaired) electrons. The van der Waals surface area contributed by atoms with Crippen LogP contribution < -0.4 is 10.1 Å². The zero-order valence-electron chi connectivity index (χ0n) is 20.0. The fourth-order valence-corrected chi connectivity index (χ4v) is 4.44. The highest BCUT2D eigenvalue weighted by Crippen LogP contribution is 2.15. The number of nitrogens with zero attached hydrogens (tertiary/aromatic N) is 4. The van der Waals surface area contributed by atoms with Crippen LogP contribution in [-0.4, -0.2) is 79.5 Å². The van der Waals surface area contributed by atoms with Gasteiger partial charge in [-0.15, -0.1) is 24.0 Å². The van der Waals surface area contributed by atoms with E-state index in [4.69, 9.17) is 4.74 Å². The van der Waals surface area contributed by atoms with Crippen molar-refractivity contribution in [3.8, 4) is 5.75 Å². The lowest BCUT2D eigenvalue weighted by Gasteiger charge is -2.36. The summed E-state index contributed by atoms with van der Waals surface area (Å²) in [6, 6.07) is 18.5. The average Bonchev–Trinajstić information content (AvgIpc) is 3.25. The van der Waals surface area contributed by atoms with E-state index in [0.717, 1.165) is 63.9 Å². The van der Waals surface area contributed by atoms with Crippen molar-refractivity contribution in [2.45, 2.75) is 25.9 Å². The number of ether oxygens (including phenoxy) is 1. The SMILES string of the molecule is CN=C(NCc1cccc(CN2CCCC2=O)c1)N1CCN(CCOc2ccccc2)CC1.I. The van der Waals surface area contributed by atoms with Gasteiger partial charge < -0.3 is 19.9 Å². The van der Waals surface area contributed by atoms with Crippen LogP contribution in [0.25, 0.3) is 0 Å². The minimum absolute atomic E-state index is 0. The molecule has 0 unspecified atom stereocenters. The summed E-state index contributed by atoms with van der Waals surface area (Å²) >= 11 is 0. The molecule has 2 heterocycles. The van der Waals surface area contributed by atoms with Crippen LogP contribution >= 0.6 is 24.0 Å². The summed E-state index contributed by atoms with van der Waals surface area (Å²) in [6.07, 6.45) is 1.66. The summed E-state index contributed by atoms with van der Waals surface area (Å²) in [5.74, 6) is 2.14. The first-order valence-electron chi connectivity index (χ1n) is 11.9. The predicted molar refractivity (Wildman–Crippen MR) is 147 cm³/mol. The molecule has 2 fully saturated rings. The second-order valence-electron chi connectivity index (χ2n) is 8.63. The quantitative estimate of drug-likeness (QED) is 0.297. The summed E-state index contributed by atoms with van der Waals surface area (Å²) in [5, 5.41) is 3.52. The van der Waals surface area contributed by atoms with Crippen molar-refractivity contribution in [3.63, 3.8) is 0 Å². The summed E-state index contributed by atoms with van der Waals surface area (Å²) < 4.78 is 5.84. The van der Waals surface area contributed by atoms with Gasteiger partial charge in [0.15, 0.2) is 5.96 Å². The number of rotatable bonds is 8. The summed E-state index contributed by atoms with van der Waals surface area (Å²) in [5.41, 5.74) is 2.39. The van der Waals surface area contributed by atoms with Gasteiger partial charge in [-0.1, -0.05) is 42.5 Å². The van der Waals surface area contributed by atoms with Crippen molar-refractivity contribution < 1.29 is 9.53 Å². The van der Waals surface area contributed by atoms with Gasteiger partial charge in [-0.3, -0.25) is 14.7 Å². The second-order valence-corrected chi connectivity index (χ2v) is 8.63. The van der Waals surface area contributed by atoms with Crippen molar-refractivity contribution >= 4 is 35.8 Å². The van der Waals surface area contributed by atoms with Gasteiger partial charge in [0, 0.05) is 65.8 Å². The van der Waals surface area contributed by atoms with Gasteiger partial charge in [-0.05, 0) is 29.7 Å². The molecule has 1 amide bonds. The normalized spacial score (nSPS) is 17.0. The highest BCUT2D eigenvalue weighted by Gasteiger charge is 2.21. The van der Waals surface area contributed by atoms with E-state index in [1.165, 1.54) is 11.1 Å². The Balaban J connectivity index is 0.00000324. The van der Waals surface area contributed by atoms with Gasteiger partial charge in [-0.25, -0.2) is 0 Å². The molecule has 34 heavy (non-hydrogen) atoms. The standard InChI is InChI=1S/C26H35N5O2.HI/c1-27-26(28-20-22-7-5-8-23(19-22)21-31-12-6-11-25(31)32)30-15-13-29(14-16-30)17-18-33-24-9-3-2-4-10-24;/h2-5,7-10,19H,6,11-18,20-21H2,1H3,(H,27,28);1H. The van der Waals surface area contributed by atoms with Crippen molar-refractivity contribution in [1.29, 1.82) is 0 Å². The van der Waals surface area contributed by atoms with Crippen LogP contribution in [-0.2, 0) is 17.9 Å². The molecule has 0 aromatic heterocycles. The molecule has 2 aromatic rings. The van der Waals surface area contributed by atoms with E-state index < -0.39 is 0 Å². The van der Waals surface area contributed by atoms with Gasteiger partial charge in [0.05, 0.1) is 0 Å². The Kier molecular flexibility index (Phi) is 10.5. The van der Waals surface area contributed by atoms with Crippen LogP contribution in [0.4, 0.5) is 0 Å². The van der Waals surface area contributed by atoms with Crippen LogP contribution in [0.3, 0.4) is 0 Å². The number of benzene rings is 2. The molecule has 2 aromatic carbocycles. The number of aliphatic imine (C=N–C) groups is 1. The predicted octanol–water partition coefficient (Wildman–Crippen LogP) is 3.20. The largest absolute Gasteiger partial charge is 0.492 e. The Morgan fingerprint density at radius 1 is 1.00 bits per heavy atom. The third-order valence-corrected chi connectivity index (χ3v) is 6.29. The van der Waals surface area contributed by atoms with Gasteiger partial charge in [0.25, 0.3) is 0 Å². The number of para-hydroxylation sites is 1. The number of piperazine rings is 1. The first-order chi connectivity index (χ1) is 16.2. The number of amides is 1. The average molecular weight is 578 g/mol. The minimum Gasteiger partial charge on any atom is -0.492 e. The lowest BCUT2D eigenvalue weighted by atomic mass is 10.1. The lowest BCUT2D eigenvalue weighted by molar-refractivity contribution is -0.128. The van der Waals surface area contributed by atoms with Crippen LogP contribution in [0.5, 0.6) is 5.75 Å². The Morgan fingerprint density at radius 2 is 1.76 bits per heavy atom. The zero-order chi connectivity index (χ0) is 22.9. The number of hydrogen-bond acceptors (Lipinski definition) is 4. The van der Waals surface area contributed by atoms with Crippen molar-refractivity contribution in [2.24, 2.45) is 4.99 Å². The Bertz CT molecular complexity index is 932. The number of nitrogens with one attached hydrogen (secondary N) is 1. The summed E-state index contributed by atoms with van der Waals surface area (Å²) in [4.78, 5) is 23.1. The number of hydrogen-bond donors (Lipinski definition) is 1. The molecule has 0 aliphatic carbocycles. The molecule has 0 spiro atoms. The highest BCUT2D eigenvalue weighted by atomic mass is 127. The molecule has 4 rings (SSSR count). The molecular formula is C26H36IN5O2. The number of guanidine groups is 1. The molecule has 2 aliphatic heterocycles. The van der Waals surface area contributed by atoms with Crippen molar-refractivity contribution in [2.75, 3.05) is 52.9 Å². The maximum absolute atomic E-state index is 11.9. The number of halogens is 1. The highest BCUT2D eigenvalue weighted by molar-refractivity contribution is 14.0. The number of carbonyl (C=O) groups is 1. The second kappa shape index (κ2) is 13.5. The van der Waals surface area contributed by atoms with Gasteiger partial charge in [0.2, 0.25) is 5.91 Å². The van der Waals surface area contributed by atoms with Crippen molar-refractivity contribution in [1.82, 2.24) is 20.0 Å². The monoisotopic (exact) mass is 577 g/mol. The molecule has 0 saturated carbocycles. The van der Waals surface area contributed by atoms with Crippen LogP contribution in [0.15, 0.2) is 59.6 Å². The van der Waals surface area contributed by atoms with Gasteiger partial charge >= 0.3 is 0 Å². The fraction of sp³-hybridized carbons (Fsp3) is 0.462. The van der Waals surface area contributed by atoms with Crippen LogP contribution in [0.2, 0.25) is 0 Å². The Morgan fingerprint density at radius 3 is 2.47 bits per heavy atom. The molecule has 0 bridgehead atoms. The molecule has 184 valence electrons. The summed E-state index contributed by atoms with van der Waals surface area (Å²) in [6.45, 7) is 7.83. The molecule has 1 N–H and O–H groups in total. The Labute approximate surface area is 220 Å². The van der Waals surface area contributed by atoms with E-state index in [1.54, 1.807) is 0 Å². The van der Waals surface area contributed by atoms with Gasteiger partial charge in [-0.2, -0.15) is 0 Å².